The van der Waals surface area contributed by atoms with Crippen LogP contribution >= 0.6 is 0 Å². The number of benzene rings is 1. The van der Waals surface area contributed by atoms with Gasteiger partial charge in [0.1, 0.15) is 5.41 Å². The Hall–Kier alpha value is -1.44. The molecule has 1 heterocycles. The molecular formula is C19H27NO5S. The summed E-state index contributed by atoms with van der Waals surface area (Å²) in [5, 5.41) is 20.4. The van der Waals surface area contributed by atoms with E-state index in [-0.39, 0.29) is 37.6 Å². The van der Waals surface area contributed by atoms with Crippen LogP contribution in [0.15, 0.2) is 30.3 Å². The third-order valence-corrected chi connectivity index (χ3v) is 7.84. The summed E-state index contributed by atoms with van der Waals surface area (Å²) in [5.41, 5.74) is -0.730. The second kappa shape index (κ2) is 7.66. The van der Waals surface area contributed by atoms with Crippen molar-refractivity contribution in [2.24, 2.45) is 11.3 Å². The van der Waals surface area contributed by atoms with Crippen LogP contribution in [0.1, 0.15) is 37.7 Å². The summed E-state index contributed by atoms with van der Waals surface area (Å²) in [4.78, 5) is 12.1. The minimum absolute atomic E-state index is 0.0874. The second-order valence-electron chi connectivity index (χ2n) is 7.69. The maximum absolute atomic E-state index is 12.9. The van der Waals surface area contributed by atoms with Crippen molar-refractivity contribution >= 4 is 16.0 Å². The van der Waals surface area contributed by atoms with Gasteiger partial charge in [-0.2, -0.15) is 0 Å². The van der Waals surface area contributed by atoms with E-state index in [2.05, 4.69) is 0 Å². The van der Waals surface area contributed by atoms with Crippen molar-refractivity contribution in [2.45, 2.75) is 44.6 Å². The molecule has 0 spiro atoms. The summed E-state index contributed by atoms with van der Waals surface area (Å²) in [6.45, 7) is 0.00743. The predicted octanol–water partition coefficient (Wildman–Crippen LogP) is 1.89. The average molecular weight is 381 g/mol. The number of hydrogen-bond acceptors (Lipinski definition) is 4. The smallest absolute Gasteiger partial charge is 0.313 e. The number of carboxylic acid groups (broad SMARTS) is 1. The Bertz CT molecular complexity index is 730. The standard InChI is InChI=1S/C19H27NO5S/c21-17-10-11-20(26(24,25)13-16-8-4-5-9-16)14-19(17,18(22)23)12-15-6-2-1-3-7-15/h1-3,6-7,16-17,21H,4-5,8-14H2,(H,22,23)/t17-,19+/m0/s1. The molecule has 6 nitrogen and oxygen atoms in total. The number of piperidine rings is 1. The highest BCUT2D eigenvalue weighted by atomic mass is 32.2. The largest absolute Gasteiger partial charge is 0.481 e. The molecule has 0 amide bonds. The van der Waals surface area contributed by atoms with E-state index < -0.39 is 27.5 Å². The normalized spacial score (nSPS) is 28.3. The fourth-order valence-electron chi connectivity index (χ4n) is 4.28. The van der Waals surface area contributed by atoms with Crippen molar-refractivity contribution in [3.8, 4) is 0 Å². The molecule has 1 aliphatic heterocycles. The quantitative estimate of drug-likeness (QED) is 0.785. The maximum atomic E-state index is 12.9. The number of carbonyl (C=O) groups is 1. The van der Waals surface area contributed by atoms with Gasteiger partial charge in [0.05, 0.1) is 11.9 Å². The van der Waals surface area contributed by atoms with Crippen molar-refractivity contribution in [1.29, 1.82) is 0 Å². The van der Waals surface area contributed by atoms with Crippen LogP contribution in [0.3, 0.4) is 0 Å². The van der Waals surface area contributed by atoms with Crippen LogP contribution in [0.4, 0.5) is 0 Å². The van der Waals surface area contributed by atoms with Crippen LogP contribution in [0, 0.1) is 11.3 Å². The molecule has 2 fully saturated rings. The zero-order chi connectivity index (χ0) is 18.8. The molecule has 0 unspecified atom stereocenters. The van der Waals surface area contributed by atoms with E-state index >= 15 is 0 Å². The van der Waals surface area contributed by atoms with Crippen molar-refractivity contribution in [3.63, 3.8) is 0 Å². The molecule has 1 aliphatic carbocycles. The van der Waals surface area contributed by atoms with Gasteiger partial charge in [0.25, 0.3) is 0 Å². The van der Waals surface area contributed by atoms with E-state index in [1.807, 2.05) is 30.3 Å². The van der Waals surface area contributed by atoms with Gasteiger partial charge in [-0.1, -0.05) is 43.2 Å². The Morgan fingerprint density at radius 3 is 2.42 bits per heavy atom. The van der Waals surface area contributed by atoms with Crippen LogP contribution in [0.2, 0.25) is 0 Å². The SMILES string of the molecule is O=C(O)[C@]1(Cc2ccccc2)CN(S(=O)(=O)CC2CCCC2)CC[C@@H]1O. The van der Waals surface area contributed by atoms with E-state index in [0.29, 0.717) is 0 Å². The van der Waals surface area contributed by atoms with Gasteiger partial charge in [-0.15, -0.1) is 0 Å². The molecule has 7 heteroatoms. The Labute approximate surface area is 154 Å². The third kappa shape index (κ3) is 3.94. The lowest BCUT2D eigenvalue weighted by Gasteiger charge is -2.43. The predicted molar refractivity (Wildman–Crippen MR) is 98.2 cm³/mol. The molecule has 3 rings (SSSR count). The summed E-state index contributed by atoms with van der Waals surface area (Å²) in [6.07, 6.45) is 3.15. The Morgan fingerprint density at radius 2 is 1.81 bits per heavy atom. The third-order valence-electron chi connectivity index (χ3n) is 5.85. The summed E-state index contributed by atoms with van der Waals surface area (Å²) in [6, 6.07) is 9.09. The van der Waals surface area contributed by atoms with Crippen LogP contribution in [-0.4, -0.2) is 53.9 Å². The first-order chi connectivity index (χ1) is 12.3. The summed E-state index contributed by atoms with van der Waals surface area (Å²) < 4.78 is 27.0. The molecule has 2 N–H and O–H groups in total. The van der Waals surface area contributed by atoms with Crippen LogP contribution in [-0.2, 0) is 21.2 Å². The summed E-state index contributed by atoms with van der Waals surface area (Å²) in [5.74, 6) is -0.890. The fourth-order valence-corrected chi connectivity index (χ4v) is 6.23. The van der Waals surface area contributed by atoms with Crippen molar-refractivity contribution in [2.75, 3.05) is 18.8 Å². The van der Waals surface area contributed by atoms with Gasteiger partial charge in [-0.05, 0) is 37.2 Å². The van der Waals surface area contributed by atoms with E-state index in [0.717, 1.165) is 31.2 Å². The maximum Gasteiger partial charge on any atom is 0.313 e. The minimum Gasteiger partial charge on any atom is -0.481 e. The fraction of sp³-hybridized carbons (Fsp3) is 0.632. The molecule has 1 aromatic carbocycles. The van der Waals surface area contributed by atoms with Crippen molar-refractivity contribution in [1.82, 2.24) is 4.31 Å². The van der Waals surface area contributed by atoms with Gasteiger partial charge in [0.15, 0.2) is 0 Å². The van der Waals surface area contributed by atoms with Crippen LogP contribution < -0.4 is 0 Å². The Morgan fingerprint density at radius 1 is 1.15 bits per heavy atom. The first-order valence-corrected chi connectivity index (χ1v) is 10.9. The van der Waals surface area contributed by atoms with Crippen molar-refractivity contribution in [3.05, 3.63) is 35.9 Å². The Kier molecular flexibility index (Phi) is 5.69. The highest BCUT2D eigenvalue weighted by molar-refractivity contribution is 7.89. The minimum atomic E-state index is -3.53. The molecule has 0 aromatic heterocycles. The number of aliphatic hydroxyl groups is 1. The molecule has 2 atom stereocenters. The van der Waals surface area contributed by atoms with Gasteiger partial charge in [-0.25, -0.2) is 12.7 Å². The van der Waals surface area contributed by atoms with Crippen LogP contribution in [0.25, 0.3) is 0 Å². The van der Waals surface area contributed by atoms with Gasteiger partial charge in [0.2, 0.25) is 10.0 Å². The number of nitrogens with zero attached hydrogens (tertiary/aromatic N) is 1. The molecule has 0 radical (unpaired) electrons. The zero-order valence-corrected chi connectivity index (χ0v) is 15.7. The van der Waals surface area contributed by atoms with E-state index in [1.54, 1.807) is 0 Å². The molecular weight excluding hydrogens is 354 g/mol. The molecule has 144 valence electrons. The average Bonchev–Trinajstić information content (AvgIpc) is 3.09. The van der Waals surface area contributed by atoms with E-state index in [1.165, 1.54) is 4.31 Å². The lowest BCUT2D eigenvalue weighted by molar-refractivity contribution is -0.160. The molecule has 26 heavy (non-hydrogen) atoms. The zero-order valence-electron chi connectivity index (χ0n) is 14.9. The molecule has 1 saturated heterocycles. The lowest BCUT2D eigenvalue weighted by Crippen LogP contribution is -2.58. The number of hydrogen-bond donors (Lipinski definition) is 2. The molecule has 2 aliphatic rings. The first kappa shape index (κ1) is 19.3. The Balaban J connectivity index is 1.83. The highest BCUT2D eigenvalue weighted by Crippen LogP contribution is 2.37. The summed E-state index contributed by atoms with van der Waals surface area (Å²) >= 11 is 0. The van der Waals surface area contributed by atoms with Crippen LogP contribution in [0.5, 0.6) is 0 Å². The number of aliphatic carboxylic acids is 1. The molecule has 1 saturated carbocycles. The number of sulfonamides is 1. The highest BCUT2D eigenvalue weighted by Gasteiger charge is 2.51. The number of aliphatic hydroxyl groups excluding tert-OH is 1. The number of rotatable bonds is 6. The summed E-state index contributed by atoms with van der Waals surface area (Å²) in [7, 11) is -3.53. The topological polar surface area (TPSA) is 94.9 Å². The van der Waals surface area contributed by atoms with E-state index in [9.17, 15) is 23.4 Å². The lowest BCUT2D eigenvalue weighted by atomic mass is 9.73. The molecule has 0 bridgehead atoms. The number of carboxylic acids is 1. The second-order valence-corrected chi connectivity index (χ2v) is 9.70. The van der Waals surface area contributed by atoms with Gasteiger partial charge < -0.3 is 10.2 Å². The van der Waals surface area contributed by atoms with E-state index in [4.69, 9.17) is 0 Å². The van der Waals surface area contributed by atoms with Gasteiger partial charge in [0, 0.05) is 13.1 Å². The van der Waals surface area contributed by atoms with Crippen molar-refractivity contribution < 1.29 is 23.4 Å². The first-order valence-electron chi connectivity index (χ1n) is 9.27. The monoisotopic (exact) mass is 381 g/mol. The van der Waals surface area contributed by atoms with Gasteiger partial charge >= 0.3 is 5.97 Å². The molecule has 1 aromatic rings. The van der Waals surface area contributed by atoms with Gasteiger partial charge in [-0.3, -0.25) is 4.79 Å².